The number of halogens is 1. The van der Waals surface area contributed by atoms with Crippen LogP contribution in [-0.2, 0) is 6.54 Å². The standard InChI is InChI=1S/C17H24FN3O/c1-3-16-12-20(6-7-21(16)10-13(2)22)11-15-8-14(9-19)4-5-17(15)18/h4-5,8,13,16,22H,3,6-7,10-12H2,1-2H3/t13-,16-/m1/s1. The van der Waals surface area contributed by atoms with Crippen LogP contribution in [0.25, 0.3) is 0 Å². The second-order valence-electron chi connectivity index (χ2n) is 6.06. The highest BCUT2D eigenvalue weighted by Gasteiger charge is 2.26. The summed E-state index contributed by atoms with van der Waals surface area (Å²) >= 11 is 0. The summed E-state index contributed by atoms with van der Waals surface area (Å²) in [4.78, 5) is 4.54. The molecule has 0 radical (unpaired) electrons. The summed E-state index contributed by atoms with van der Waals surface area (Å²) in [6.07, 6.45) is 0.676. The molecule has 120 valence electrons. The number of hydrogen-bond acceptors (Lipinski definition) is 4. The van der Waals surface area contributed by atoms with Gasteiger partial charge in [0.25, 0.3) is 0 Å². The number of nitriles is 1. The summed E-state index contributed by atoms with van der Waals surface area (Å²) in [6.45, 7) is 7.74. The third kappa shape index (κ3) is 4.26. The van der Waals surface area contributed by atoms with Gasteiger partial charge in [0, 0.05) is 44.3 Å². The number of piperazine rings is 1. The minimum Gasteiger partial charge on any atom is -0.392 e. The van der Waals surface area contributed by atoms with Crippen LogP contribution in [0, 0.1) is 17.1 Å². The highest BCUT2D eigenvalue weighted by atomic mass is 19.1. The Balaban J connectivity index is 2.02. The molecule has 1 aromatic rings. The highest BCUT2D eigenvalue weighted by Crippen LogP contribution is 2.18. The van der Waals surface area contributed by atoms with Gasteiger partial charge in [-0.05, 0) is 31.5 Å². The van der Waals surface area contributed by atoms with Gasteiger partial charge in [0.15, 0.2) is 0 Å². The van der Waals surface area contributed by atoms with E-state index in [4.69, 9.17) is 5.26 Å². The maximum atomic E-state index is 13.9. The van der Waals surface area contributed by atoms with Gasteiger partial charge in [0.05, 0.1) is 17.7 Å². The Hall–Kier alpha value is -1.48. The third-order valence-electron chi connectivity index (χ3n) is 4.23. The van der Waals surface area contributed by atoms with Crippen molar-refractivity contribution in [3.63, 3.8) is 0 Å². The lowest BCUT2D eigenvalue weighted by Gasteiger charge is -2.41. The molecule has 0 bridgehead atoms. The molecule has 0 spiro atoms. The molecule has 0 aliphatic carbocycles. The first-order valence-corrected chi connectivity index (χ1v) is 7.86. The Labute approximate surface area is 131 Å². The van der Waals surface area contributed by atoms with Crippen molar-refractivity contribution in [3.8, 4) is 6.07 Å². The van der Waals surface area contributed by atoms with Crippen molar-refractivity contribution < 1.29 is 9.50 Å². The summed E-state index contributed by atoms with van der Waals surface area (Å²) in [5.74, 6) is -0.251. The van der Waals surface area contributed by atoms with E-state index in [0.29, 0.717) is 30.3 Å². The van der Waals surface area contributed by atoms with Gasteiger partial charge in [-0.3, -0.25) is 9.80 Å². The second-order valence-corrected chi connectivity index (χ2v) is 6.06. The largest absolute Gasteiger partial charge is 0.392 e. The number of nitrogens with zero attached hydrogens (tertiary/aromatic N) is 3. The first kappa shape index (κ1) is 16.9. The van der Waals surface area contributed by atoms with E-state index >= 15 is 0 Å². The molecule has 2 rings (SSSR count). The normalized spacial score (nSPS) is 21.5. The van der Waals surface area contributed by atoms with Gasteiger partial charge in [-0.2, -0.15) is 5.26 Å². The molecule has 1 aliphatic rings. The van der Waals surface area contributed by atoms with Crippen molar-refractivity contribution in [2.45, 2.75) is 39.0 Å². The minimum atomic E-state index is -0.328. The van der Waals surface area contributed by atoms with Crippen LogP contribution in [0.3, 0.4) is 0 Å². The van der Waals surface area contributed by atoms with E-state index < -0.39 is 0 Å². The van der Waals surface area contributed by atoms with E-state index in [2.05, 4.69) is 22.8 Å². The minimum absolute atomic E-state index is 0.251. The van der Waals surface area contributed by atoms with Crippen molar-refractivity contribution in [2.24, 2.45) is 0 Å². The Kier molecular flexibility index (Phi) is 5.90. The molecule has 0 amide bonds. The number of benzene rings is 1. The van der Waals surface area contributed by atoms with Gasteiger partial charge < -0.3 is 5.11 Å². The van der Waals surface area contributed by atoms with Crippen LogP contribution in [0.1, 0.15) is 31.4 Å². The van der Waals surface area contributed by atoms with E-state index in [9.17, 15) is 9.50 Å². The first-order valence-electron chi connectivity index (χ1n) is 7.86. The van der Waals surface area contributed by atoms with Gasteiger partial charge in [-0.25, -0.2) is 4.39 Å². The van der Waals surface area contributed by atoms with Crippen LogP contribution in [0.15, 0.2) is 18.2 Å². The molecule has 4 nitrogen and oxygen atoms in total. The van der Waals surface area contributed by atoms with E-state index in [1.807, 2.05) is 6.92 Å². The molecule has 1 aromatic carbocycles. The monoisotopic (exact) mass is 305 g/mol. The lowest BCUT2D eigenvalue weighted by Crippen LogP contribution is -2.54. The van der Waals surface area contributed by atoms with Crippen LogP contribution in [0.5, 0.6) is 0 Å². The molecule has 1 fully saturated rings. The molecular weight excluding hydrogens is 281 g/mol. The SMILES string of the molecule is CC[C@@H]1CN(Cc2cc(C#N)ccc2F)CCN1C[C@@H](C)O. The predicted octanol–water partition coefficient (Wildman–Crippen LogP) is 1.97. The summed E-state index contributed by atoms with van der Waals surface area (Å²) in [5, 5.41) is 18.5. The zero-order valence-corrected chi connectivity index (χ0v) is 13.3. The lowest BCUT2D eigenvalue weighted by atomic mass is 10.1. The van der Waals surface area contributed by atoms with Crippen molar-refractivity contribution in [2.75, 3.05) is 26.2 Å². The first-order chi connectivity index (χ1) is 10.5. The van der Waals surface area contributed by atoms with Crippen molar-refractivity contribution >= 4 is 0 Å². The van der Waals surface area contributed by atoms with E-state index in [1.165, 1.54) is 12.1 Å². The fourth-order valence-corrected chi connectivity index (χ4v) is 3.07. The average molecular weight is 305 g/mol. The number of hydrogen-bond donors (Lipinski definition) is 1. The molecule has 1 heterocycles. The van der Waals surface area contributed by atoms with Crippen LogP contribution in [0.4, 0.5) is 4.39 Å². The third-order valence-corrected chi connectivity index (χ3v) is 4.23. The van der Waals surface area contributed by atoms with Gasteiger partial charge in [0.1, 0.15) is 5.82 Å². The molecule has 5 heteroatoms. The van der Waals surface area contributed by atoms with Crippen LogP contribution in [-0.4, -0.2) is 53.2 Å². The topological polar surface area (TPSA) is 50.5 Å². The summed E-state index contributed by atoms with van der Waals surface area (Å²) < 4.78 is 13.9. The number of β-amino-alcohol motifs (C(OH)–C–C–N with tert-alkyl or cyclic N) is 1. The number of rotatable bonds is 5. The van der Waals surface area contributed by atoms with Crippen LogP contribution < -0.4 is 0 Å². The lowest BCUT2D eigenvalue weighted by molar-refractivity contribution is 0.0334. The van der Waals surface area contributed by atoms with E-state index in [-0.39, 0.29) is 11.9 Å². The smallest absolute Gasteiger partial charge is 0.127 e. The molecule has 0 saturated carbocycles. The van der Waals surface area contributed by atoms with Gasteiger partial charge in [0.2, 0.25) is 0 Å². The summed E-state index contributed by atoms with van der Waals surface area (Å²) in [7, 11) is 0. The van der Waals surface area contributed by atoms with Gasteiger partial charge in [-0.1, -0.05) is 6.92 Å². The van der Waals surface area contributed by atoms with E-state index in [1.54, 1.807) is 6.07 Å². The molecule has 1 aliphatic heterocycles. The average Bonchev–Trinajstić information content (AvgIpc) is 2.50. The predicted molar refractivity (Wildman–Crippen MR) is 83.7 cm³/mol. The molecule has 1 saturated heterocycles. The summed E-state index contributed by atoms with van der Waals surface area (Å²) in [5.41, 5.74) is 1.08. The quantitative estimate of drug-likeness (QED) is 0.904. The second kappa shape index (κ2) is 7.68. The van der Waals surface area contributed by atoms with Crippen molar-refractivity contribution in [1.82, 2.24) is 9.80 Å². The maximum Gasteiger partial charge on any atom is 0.127 e. The molecule has 0 aromatic heterocycles. The molecule has 1 N–H and O–H groups in total. The Morgan fingerprint density at radius 3 is 2.86 bits per heavy atom. The Morgan fingerprint density at radius 2 is 2.23 bits per heavy atom. The maximum absolute atomic E-state index is 13.9. The highest BCUT2D eigenvalue weighted by molar-refractivity contribution is 5.33. The van der Waals surface area contributed by atoms with Crippen LogP contribution >= 0.6 is 0 Å². The number of aliphatic hydroxyl groups excluding tert-OH is 1. The van der Waals surface area contributed by atoms with E-state index in [0.717, 1.165) is 26.1 Å². The Morgan fingerprint density at radius 1 is 1.45 bits per heavy atom. The Bertz CT molecular complexity index is 541. The summed E-state index contributed by atoms with van der Waals surface area (Å²) in [6, 6.07) is 6.95. The van der Waals surface area contributed by atoms with Gasteiger partial charge in [-0.15, -0.1) is 0 Å². The fraction of sp³-hybridized carbons (Fsp3) is 0.588. The molecular formula is C17H24FN3O. The number of aliphatic hydroxyl groups is 1. The van der Waals surface area contributed by atoms with Crippen molar-refractivity contribution in [3.05, 3.63) is 35.1 Å². The van der Waals surface area contributed by atoms with Crippen molar-refractivity contribution in [1.29, 1.82) is 5.26 Å². The van der Waals surface area contributed by atoms with Crippen LogP contribution in [0.2, 0.25) is 0 Å². The molecule has 0 unspecified atom stereocenters. The fourth-order valence-electron chi connectivity index (χ4n) is 3.07. The van der Waals surface area contributed by atoms with Gasteiger partial charge >= 0.3 is 0 Å². The molecule has 2 atom stereocenters. The molecule has 22 heavy (non-hydrogen) atoms. The zero-order valence-electron chi connectivity index (χ0n) is 13.3. The zero-order chi connectivity index (χ0) is 16.1.